The molecule has 0 amide bonds. The first-order valence-electron chi connectivity index (χ1n) is 6.19. The van der Waals surface area contributed by atoms with Crippen LogP contribution in [0.1, 0.15) is 10.4 Å². The molecule has 1 N–H and O–H groups in total. The first-order valence-corrected chi connectivity index (χ1v) is 6.99. The quantitative estimate of drug-likeness (QED) is 0.761. The molecule has 1 heterocycles. The highest BCUT2D eigenvalue weighted by molar-refractivity contribution is 9.10. The molecule has 0 aliphatic heterocycles. The summed E-state index contributed by atoms with van der Waals surface area (Å²) in [5.41, 5.74) is 0.947. The highest BCUT2D eigenvalue weighted by atomic mass is 79.9. The van der Waals surface area contributed by atoms with Crippen LogP contribution in [0.2, 0.25) is 0 Å². The average molecular weight is 344 g/mol. The Labute approximate surface area is 129 Å². The Morgan fingerprint density at radius 2 is 1.95 bits per heavy atom. The second-order valence-corrected chi connectivity index (χ2v) is 5.24. The third-order valence-electron chi connectivity index (χ3n) is 2.98. The number of carboxylic acids is 1. The first kappa shape index (κ1) is 13.6. The zero-order chi connectivity index (χ0) is 14.8. The number of ether oxygens (including phenoxy) is 1. The highest BCUT2D eigenvalue weighted by Gasteiger charge is 2.16. The summed E-state index contributed by atoms with van der Waals surface area (Å²) >= 11 is 3.22. The number of para-hydroxylation sites is 1. The van der Waals surface area contributed by atoms with Gasteiger partial charge in [0.05, 0.1) is 11.7 Å². The van der Waals surface area contributed by atoms with Crippen molar-refractivity contribution in [3.8, 4) is 11.5 Å². The van der Waals surface area contributed by atoms with Gasteiger partial charge in [-0.1, -0.05) is 24.3 Å². The Kier molecular flexibility index (Phi) is 3.58. The van der Waals surface area contributed by atoms with Gasteiger partial charge in [0.25, 0.3) is 0 Å². The van der Waals surface area contributed by atoms with Crippen molar-refractivity contribution in [1.82, 2.24) is 4.98 Å². The van der Waals surface area contributed by atoms with Crippen LogP contribution < -0.4 is 4.74 Å². The van der Waals surface area contributed by atoms with Gasteiger partial charge in [-0.3, -0.25) is 4.98 Å². The SMILES string of the molecule is O=C(O)c1c(Br)cccc1Oc1cnc2ccccc2c1. The van der Waals surface area contributed by atoms with E-state index in [1.165, 1.54) is 0 Å². The van der Waals surface area contributed by atoms with Gasteiger partial charge in [-0.15, -0.1) is 0 Å². The zero-order valence-electron chi connectivity index (χ0n) is 10.8. The smallest absolute Gasteiger partial charge is 0.340 e. The molecule has 4 nitrogen and oxygen atoms in total. The van der Waals surface area contributed by atoms with Crippen LogP contribution in [0.15, 0.2) is 59.2 Å². The lowest BCUT2D eigenvalue weighted by atomic mass is 10.2. The fourth-order valence-corrected chi connectivity index (χ4v) is 2.55. The van der Waals surface area contributed by atoms with E-state index >= 15 is 0 Å². The van der Waals surface area contributed by atoms with E-state index in [9.17, 15) is 9.90 Å². The topological polar surface area (TPSA) is 59.4 Å². The number of aromatic carboxylic acids is 1. The van der Waals surface area contributed by atoms with E-state index in [4.69, 9.17) is 4.74 Å². The predicted octanol–water partition coefficient (Wildman–Crippen LogP) is 4.49. The van der Waals surface area contributed by atoms with Crippen molar-refractivity contribution >= 4 is 32.8 Å². The largest absolute Gasteiger partial charge is 0.478 e. The Bertz CT molecular complexity index is 833. The van der Waals surface area contributed by atoms with Crippen LogP contribution in [0.4, 0.5) is 0 Å². The van der Waals surface area contributed by atoms with Crippen molar-refractivity contribution in [3.63, 3.8) is 0 Å². The Balaban J connectivity index is 2.02. The standard InChI is InChI=1S/C16H10BrNO3/c17-12-5-3-7-14(15(12)16(19)20)21-11-8-10-4-1-2-6-13(10)18-9-11/h1-9H,(H,19,20). The van der Waals surface area contributed by atoms with Crippen molar-refractivity contribution in [1.29, 1.82) is 0 Å². The minimum atomic E-state index is -1.05. The molecule has 5 heteroatoms. The van der Waals surface area contributed by atoms with Gasteiger partial charge in [-0.2, -0.15) is 0 Å². The van der Waals surface area contributed by atoms with E-state index in [0.717, 1.165) is 10.9 Å². The van der Waals surface area contributed by atoms with E-state index in [-0.39, 0.29) is 11.3 Å². The van der Waals surface area contributed by atoms with Gasteiger partial charge < -0.3 is 9.84 Å². The lowest BCUT2D eigenvalue weighted by Crippen LogP contribution is -2.01. The summed E-state index contributed by atoms with van der Waals surface area (Å²) in [5.74, 6) is -0.283. The van der Waals surface area contributed by atoms with E-state index in [2.05, 4.69) is 20.9 Å². The number of pyridine rings is 1. The molecule has 0 fully saturated rings. The highest BCUT2D eigenvalue weighted by Crippen LogP contribution is 2.31. The number of fused-ring (bicyclic) bond motifs is 1. The molecule has 0 unspecified atom stereocenters. The molecule has 0 saturated heterocycles. The zero-order valence-corrected chi connectivity index (χ0v) is 12.4. The molecule has 21 heavy (non-hydrogen) atoms. The third kappa shape index (κ3) is 2.73. The molecule has 3 aromatic rings. The van der Waals surface area contributed by atoms with Crippen LogP contribution in [0.25, 0.3) is 10.9 Å². The third-order valence-corrected chi connectivity index (χ3v) is 3.64. The fraction of sp³-hybridized carbons (Fsp3) is 0. The molecule has 0 aliphatic carbocycles. The van der Waals surface area contributed by atoms with Crippen molar-refractivity contribution < 1.29 is 14.6 Å². The summed E-state index contributed by atoms with van der Waals surface area (Å²) in [7, 11) is 0. The van der Waals surface area contributed by atoms with Gasteiger partial charge in [-0.05, 0) is 40.2 Å². The number of carboxylic acid groups (broad SMARTS) is 1. The summed E-state index contributed by atoms with van der Waals surface area (Å²) in [4.78, 5) is 15.6. The second-order valence-electron chi connectivity index (χ2n) is 4.38. The molecule has 0 bridgehead atoms. The van der Waals surface area contributed by atoms with Gasteiger partial charge in [0, 0.05) is 9.86 Å². The van der Waals surface area contributed by atoms with E-state index in [1.807, 2.05) is 30.3 Å². The Morgan fingerprint density at radius 3 is 2.76 bits per heavy atom. The van der Waals surface area contributed by atoms with Gasteiger partial charge >= 0.3 is 5.97 Å². The van der Waals surface area contributed by atoms with E-state index in [1.54, 1.807) is 24.4 Å². The number of nitrogens with zero attached hydrogens (tertiary/aromatic N) is 1. The average Bonchev–Trinajstić information content (AvgIpc) is 2.47. The maximum Gasteiger partial charge on any atom is 0.340 e. The van der Waals surface area contributed by atoms with Gasteiger partial charge in [0.2, 0.25) is 0 Å². The predicted molar refractivity (Wildman–Crippen MR) is 82.9 cm³/mol. The van der Waals surface area contributed by atoms with Crippen LogP contribution in [0.5, 0.6) is 11.5 Å². The first-order chi connectivity index (χ1) is 10.1. The van der Waals surface area contributed by atoms with Gasteiger partial charge in [0.15, 0.2) is 0 Å². The molecule has 0 spiro atoms. The molecular formula is C16H10BrNO3. The normalized spacial score (nSPS) is 10.5. The number of hydrogen-bond acceptors (Lipinski definition) is 3. The summed E-state index contributed by atoms with van der Waals surface area (Å²) in [6.45, 7) is 0. The second kappa shape index (κ2) is 5.54. The van der Waals surface area contributed by atoms with Crippen LogP contribution >= 0.6 is 15.9 Å². The van der Waals surface area contributed by atoms with Crippen molar-refractivity contribution in [3.05, 3.63) is 64.8 Å². The van der Waals surface area contributed by atoms with Crippen LogP contribution in [-0.4, -0.2) is 16.1 Å². The minimum absolute atomic E-state index is 0.0886. The monoisotopic (exact) mass is 343 g/mol. The maximum absolute atomic E-state index is 11.3. The molecule has 3 rings (SSSR count). The molecule has 0 atom stereocenters. The molecule has 1 aromatic heterocycles. The Hall–Kier alpha value is -2.40. The molecule has 2 aromatic carbocycles. The molecule has 0 radical (unpaired) electrons. The Morgan fingerprint density at radius 1 is 1.14 bits per heavy atom. The van der Waals surface area contributed by atoms with Gasteiger partial charge in [0.1, 0.15) is 17.1 Å². The van der Waals surface area contributed by atoms with Crippen molar-refractivity contribution in [2.45, 2.75) is 0 Å². The van der Waals surface area contributed by atoms with E-state index < -0.39 is 5.97 Å². The number of hydrogen-bond donors (Lipinski definition) is 1. The number of carbonyl (C=O) groups is 1. The summed E-state index contributed by atoms with van der Waals surface area (Å²) in [6, 6.07) is 14.5. The number of halogens is 1. The maximum atomic E-state index is 11.3. The van der Waals surface area contributed by atoms with Crippen LogP contribution in [0, 0.1) is 0 Å². The molecular weight excluding hydrogens is 334 g/mol. The number of rotatable bonds is 3. The summed E-state index contributed by atoms with van der Waals surface area (Å²) < 4.78 is 6.16. The molecule has 104 valence electrons. The van der Waals surface area contributed by atoms with Crippen molar-refractivity contribution in [2.24, 2.45) is 0 Å². The summed E-state index contributed by atoms with van der Waals surface area (Å²) in [6.07, 6.45) is 1.58. The van der Waals surface area contributed by atoms with E-state index in [0.29, 0.717) is 10.2 Å². The van der Waals surface area contributed by atoms with Crippen LogP contribution in [-0.2, 0) is 0 Å². The van der Waals surface area contributed by atoms with Gasteiger partial charge in [-0.25, -0.2) is 4.79 Å². The van der Waals surface area contributed by atoms with Crippen LogP contribution in [0.3, 0.4) is 0 Å². The fourth-order valence-electron chi connectivity index (χ4n) is 2.03. The minimum Gasteiger partial charge on any atom is -0.478 e. The number of benzene rings is 2. The summed E-state index contributed by atoms with van der Waals surface area (Å²) in [5, 5.41) is 10.2. The lowest BCUT2D eigenvalue weighted by molar-refractivity contribution is 0.0693. The lowest BCUT2D eigenvalue weighted by Gasteiger charge is -2.10. The van der Waals surface area contributed by atoms with Crippen molar-refractivity contribution in [2.75, 3.05) is 0 Å². The molecule has 0 saturated carbocycles. The molecule has 0 aliphatic rings. The number of aromatic nitrogens is 1.